The van der Waals surface area contributed by atoms with Gasteiger partial charge in [0, 0.05) is 27.0 Å². The number of halogens is 1. The van der Waals surface area contributed by atoms with Gasteiger partial charge in [-0.2, -0.15) is 0 Å². The first-order chi connectivity index (χ1) is 10.7. The van der Waals surface area contributed by atoms with Crippen molar-refractivity contribution in [3.63, 3.8) is 0 Å². The number of carbonyl (C=O) groups excluding carboxylic acids is 1. The van der Waals surface area contributed by atoms with Crippen LogP contribution >= 0.6 is 15.9 Å². The number of hydrogen-bond acceptors (Lipinski definition) is 2. The Kier molecular flexibility index (Phi) is 2.97. The van der Waals surface area contributed by atoms with Gasteiger partial charge < -0.3 is 14.1 Å². The summed E-state index contributed by atoms with van der Waals surface area (Å²) in [6.07, 6.45) is 1.95. The molecule has 0 unspecified atom stereocenters. The molecule has 0 aliphatic rings. The quantitative estimate of drug-likeness (QED) is 0.537. The van der Waals surface area contributed by atoms with Gasteiger partial charge in [-0.3, -0.25) is 0 Å². The van der Waals surface area contributed by atoms with E-state index in [1.165, 1.54) is 0 Å². The van der Waals surface area contributed by atoms with Crippen molar-refractivity contribution in [3.8, 4) is 0 Å². The van der Waals surface area contributed by atoms with E-state index in [2.05, 4.69) is 20.9 Å². The van der Waals surface area contributed by atoms with Crippen LogP contribution in [0.2, 0.25) is 0 Å². The molecule has 0 spiro atoms. The number of esters is 1. The Morgan fingerprint density at radius 1 is 1.32 bits per heavy atom. The van der Waals surface area contributed by atoms with Crippen LogP contribution in [0.5, 0.6) is 0 Å². The highest BCUT2D eigenvalue weighted by Gasteiger charge is 2.22. The van der Waals surface area contributed by atoms with Gasteiger partial charge in [-0.05, 0) is 37.3 Å². The third-order valence-corrected chi connectivity index (χ3v) is 4.32. The van der Waals surface area contributed by atoms with Crippen LogP contribution in [0.25, 0.3) is 27.5 Å². The van der Waals surface area contributed by atoms with E-state index >= 15 is 0 Å². The maximum Gasteiger partial charge on any atom is 0.341 e. The highest BCUT2D eigenvalue weighted by Crippen LogP contribution is 2.34. The topological polar surface area (TPSA) is 46.5 Å². The number of rotatable bonds is 2. The number of nitrogens with zero attached hydrogens (tertiary/aromatic N) is 1. The summed E-state index contributed by atoms with van der Waals surface area (Å²) in [4.78, 5) is 15.9. The molecule has 1 N–H and O–H groups in total. The van der Waals surface area contributed by atoms with Crippen molar-refractivity contribution < 1.29 is 9.53 Å². The second-order valence-corrected chi connectivity index (χ2v) is 6.01. The van der Waals surface area contributed by atoms with Crippen LogP contribution in [0.3, 0.4) is 0 Å². The molecule has 0 atom stereocenters. The standard InChI is InChI=1S/C17H13BrN2O2/c1-2-22-17(21)15-13-5-3-4-8-20(13)16-14(15)11-9-10(18)6-7-12(11)19-16/h3-9,19H,2H2,1H3. The fourth-order valence-corrected chi connectivity index (χ4v) is 3.32. The summed E-state index contributed by atoms with van der Waals surface area (Å²) < 4.78 is 8.25. The molecular formula is C17H13BrN2O2. The number of nitrogens with one attached hydrogen (secondary N) is 1. The lowest BCUT2D eigenvalue weighted by molar-refractivity contribution is 0.0531. The number of aromatic amines is 1. The number of H-pyrrole nitrogens is 1. The number of carbonyl (C=O) groups is 1. The smallest absolute Gasteiger partial charge is 0.341 e. The number of hydrogen-bond donors (Lipinski definition) is 1. The van der Waals surface area contributed by atoms with Crippen molar-refractivity contribution in [2.24, 2.45) is 0 Å². The Morgan fingerprint density at radius 2 is 2.18 bits per heavy atom. The molecule has 3 aromatic heterocycles. The molecule has 0 aliphatic carbocycles. The molecule has 0 fully saturated rings. The van der Waals surface area contributed by atoms with Crippen molar-refractivity contribution in [2.45, 2.75) is 6.92 Å². The molecule has 4 aromatic rings. The van der Waals surface area contributed by atoms with E-state index in [0.29, 0.717) is 12.2 Å². The Bertz CT molecular complexity index is 1030. The zero-order valence-corrected chi connectivity index (χ0v) is 13.5. The third kappa shape index (κ3) is 1.78. The van der Waals surface area contributed by atoms with Crippen molar-refractivity contribution in [2.75, 3.05) is 6.61 Å². The van der Waals surface area contributed by atoms with Crippen molar-refractivity contribution >= 4 is 49.4 Å². The lowest BCUT2D eigenvalue weighted by atomic mass is 10.1. The van der Waals surface area contributed by atoms with Gasteiger partial charge in [0.2, 0.25) is 0 Å². The van der Waals surface area contributed by atoms with E-state index in [1.807, 2.05) is 53.9 Å². The summed E-state index contributed by atoms with van der Waals surface area (Å²) in [6, 6.07) is 11.8. The Balaban J connectivity index is 2.22. The van der Waals surface area contributed by atoms with Crippen LogP contribution in [-0.4, -0.2) is 22.0 Å². The molecule has 1 aromatic carbocycles. The number of pyridine rings is 1. The predicted octanol–water partition coefficient (Wildman–Crippen LogP) is 4.51. The fraction of sp³-hybridized carbons (Fsp3) is 0.118. The second kappa shape index (κ2) is 4.88. The number of ether oxygens (including phenoxy) is 1. The molecule has 3 heterocycles. The Labute approximate surface area is 134 Å². The van der Waals surface area contributed by atoms with E-state index in [0.717, 1.165) is 31.9 Å². The molecule has 0 saturated carbocycles. The normalized spacial score (nSPS) is 11.5. The first-order valence-electron chi connectivity index (χ1n) is 7.08. The zero-order valence-electron chi connectivity index (χ0n) is 11.9. The van der Waals surface area contributed by atoms with Gasteiger partial charge in [-0.25, -0.2) is 4.79 Å². The molecule has 110 valence electrons. The Morgan fingerprint density at radius 3 is 3.00 bits per heavy atom. The summed E-state index contributed by atoms with van der Waals surface area (Å²) in [5.74, 6) is -0.290. The molecule has 0 aliphatic heterocycles. The molecule has 4 rings (SSSR count). The van der Waals surface area contributed by atoms with Gasteiger partial charge in [0.25, 0.3) is 0 Å². The van der Waals surface area contributed by atoms with Crippen LogP contribution in [0.4, 0.5) is 0 Å². The zero-order chi connectivity index (χ0) is 15.3. The van der Waals surface area contributed by atoms with E-state index in [1.54, 1.807) is 0 Å². The highest BCUT2D eigenvalue weighted by molar-refractivity contribution is 9.10. The molecule has 0 amide bonds. The Hall–Kier alpha value is -2.27. The first-order valence-corrected chi connectivity index (χ1v) is 7.87. The summed E-state index contributed by atoms with van der Waals surface area (Å²) in [6.45, 7) is 2.18. The van der Waals surface area contributed by atoms with Gasteiger partial charge in [-0.1, -0.05) is 22.0 Å². The molecule has 22 heavy (non-hydrogen) atoms. The average Bonchev–Trinajstić information content (AvgIpc) is 3.02. The van der Waals surface area contributed by atoms with Crippen molar-refractivity contribution in [1.82, 2.24) is 9.38 Å². The monoisotopic (exact) mass is 356 g/mol. The maximum absolute atomic E-state index is 12.5. The number of aromatic nitrogens is 2. The summed E-state index contributed by atoms with van der Waals surface area (Å²) in [7, 11) is 0. The second-order valence-electron chi connectivity index (χ2n) is 5.09. The molecule has 4 nitrogen and oxygen atoms in total. The minimum Gasteiger partial charge on any atom is -0.462 e. The lowest BCUT2D eigenvalue weighted by Crippen LogP contribution is -2.04. The molecular weight excluding hydrogens is 344 g/mol. The van der Waals surface area contributed by atoms with Gasteiger partial charge in [0.1, 0.15) is 5.65 Å². The van der Waals surface area contributed by atoms with Gasteiger partial charge in [0.05, 0.1) is 17.7 Å². The van der Waals surface area contributed by atoms with Crippen LogP contribution in [-0.2, 0) is 4.74 Å². The van der Waals surface area contributed by atoms with E-state index in [4.69, 9.17) is 4.74 Å². The van der Waals surface area contributed by atoms with E-state index < -0.39 is 0 Å². The maximum atomic E-state index is 12.5. The third-order valence-electron chi connectivity index (χ3n) is 3.83. The predicted molar refractivity (Wildman–Crippen MR) is 90.4 cm³/mol. The van der Waals surface area contributed by atoms with Crippen LogP contribution in [0.15, 0.2) is 47.1 Å². The SMILES string of the molecule is CCOC(=O)c1c2c3cc(Br)ccc3[nH]c2n2ccccc12. The summed E-state index contributed by atoms with van der Waals surface area (Å²) in [5, 5.41) is 1.91. The van der Waals surface area contributed by atoms with Crippen molar-refractivity contribution in [3.05, 3.63) is 52.6 Å². The summed E-state index contributed by atoms with van der Waals surface area (Å²) >= 11 is 3.50. The number of benzene rings is 1. The van der Waals surface area contributed by atoms with Crippen LogP contribution < -0.4 is 0 Å². The van der Waals surface area contributed by atoms with Crippen LogP contribution in [0.1, 0.15) is 17.3 Å². The minimum absolute atomic E-state index is 0.290. The number of fused-ring (bicyclic) bond motifs is 5. The van der Waals surface area contributed by atoms with Crippen LogP contribution in [0, 0.1) is 0 Å². The first kappa shape index (κ1) is 13.4. The average molecular weight is 357 g/mol. The minimum atomic E-state index is -0.290. The van der Waals surface area contributed by atoms with E-state index in [-0.39, 0.29) is 5.97 Å². The molecule has 0 radical (unpaired) electrons. The largest absolute Gasteiger partial charge is 0.462 e. The fourth-order valence-electron chi connectivity index (χ4n) is 2.96. The molecule has 0 bridgehead atoms. The molecule has 5 heteroatoms. The lowest BCUT2D eigenvalue weighted by Gasteiger charge is -2.02. The summed E-state index contributed by atoms with van der Waals surface area (Å²) in [5.41, 5.74) is 3.37. The van der Waals surface area contributed by atoms with Crippen molar-refractivity contribution in [1.29, 1.82) is 0 Å². The van der Waals surface area contributed by atoms with Gasteiger partial charge in [-0.15, -0.1) is 0 Å². The van der Waals surface area contributed by atoms with Gasteiger partial charge in [0.15, 0.2) is 0 Å². The van der Waals surface area contributed by atoms with Gasteiger partial charge >= 0.3 is 5.97 Å². The van der Waals surface area contributed by atoms with E-state index in [9.17, 15) is 4.79 Å². The highest BCUT2D eigenvalue weighted by atomic mass is 79.9. The molecule has 0 saturated heterocycles.